The van der Waals surface area contributed by atoms with E-state index in [0.717, 1.165) is 11.1 Å². The summed E-state index contributed by atoms with van der Waals surface area (Å²) in [6, 6.07) is 8.40. The predicted molar refractivity (Wildman–Crippen MR) is 108 cm³/mol. The largest absolute Gasteiger partial charge is 0.395 e. The van der Waals surface area contributed by atoms with Crippen LogP contribution < -0.4 is 5.56 Å². The van der Waals surface area contributed by atoms with Gasteiger partial charge in [0.05, 0.1) is 23.0 Å². The van der Waals surface area contributed by atoms with Crippen molar-refractivity contribution in [1.29, 1.82) is 0 Å². The normalized spacial score (nSPS) is 16.8. The van der Waals surface area contributed by atoms with Crippen LogP contribution in [0.2, 0.25) is 0 Å². The number of hydrogen-bond donors (Lipinski definition) is 1. The maximum absolute atomic E-state index is 13.2. The fraction of sp³-hybridized carbons (Fsp3) is 0.300. The van der Waals surface area contributed by atoms with E-state index in [1.165, 1.54) is 24.4 Å². The van der Waals surface area contributed by atoms with E-state index in [1.54, 1.807) is 18.2 Å². The average Bonchev–Trinajstić information content (AvgIpc) is 3.22. The van der Waals surface area contributed by atoms with Crippen LogP contribution in [0, 0.1) is 10.1 Å². The van der Waals surface area contributed by atoms with Crippen molar-refractivity contribution in [1.82, 2.24) is 19.7 Å². The molecule has 1 aliphatic rings. The minimum absolute atomic E-state index is 0.0906. The Morgan fingerprint density at radius 3 is 2.90 bits per heavy atom. The number of carbonyl (C=O) groups excluding carboxylic acids is 1. The number of nitro groups is 1. The lowest BCUT2D eigenvalue weighted by molar-refractivity contribution is -0.384. The molecule has 1 fully saturated rings. The molecule has 0 aliphatic carbocycles. The molecule has 1 unspecified atom stereocenters. The Hall–Kier alpha value is -3.50. The highest BCUT2D eigenvalue weighted by atomic mass is 16.6. The highest BCUT2D eigenvalue weighted by molar-refractivity contribution is 5.93. The van der Waals surface area contributed by atoms with Crippen molar-refractivity contribution >= 4 is 22.5 Å². The van der Waals surface area contributed by atoms with Crippen LogP contribution in [0.15, 0.2) is 47.4 Å². The van der Waals surface area contributed by atoms with Gasteiger partial charge in [-0.25, -0.2) is 0 Å². The van der Waals surface area contributed by atoms with Gasteiger partial charge < -0.3 is 5.11 Å². The SMILES string of the molecule is O=C(C1CCCN1CCO)n1nc(-c2cccc([N+](=O)[O-])c2)c2ncccc2c1=O. The molecule has 0 saturated carbocycles. The molecule has 0 spiro atoms. The molecule has 0 amide bonds. The second kappa shape index (κ2) is 8.09. The topological polar surface area (TPSA) is 131 Å². The van der Waals surface area contributed by atoms with Gasteiger partial charge in [0.15, 0.2) is 0 Å². The van der Waals surface area contributed by atoms with Crippen molar-refractivity contribution in [2.24, 2.45) is 0 Å². The molecular weight excluding hydrogens is 390 g/mol. The van der Waals surface area contributed by atoms with E-state index in [0.29, 0.717) is 25.1 Å². The molecular formula is C20H19N5O5. The van der Waals surface area contributed by atoms with Crippen LogP contribution in [0.5, 0.6) is 0 Å². The van der Waals surface area contributed by atoms with Crippen LogP contribution in [-0.4, -0.2) is 61.3 Å². The standard InChI is InChI=1S/C20H19N5O5/c26-11-10-23-9-3-7-16(23)20(28)24-19(27)15-6-2-8-21-18(15)17(22-24)13-4-1-5-14(12-13)25(29)30/h1-2,4-6,8,12,16,26H,3,7,9-11H2. The Morgan fingerprint density at radius 1 is 1.30 bits per heavy atom. The predicted octanol–water partition coefficient (Wildman–Crippen LogP) is 1.46. The molecule has 1 aromatic carbocycles. The summed E-state index contributed by atoms with van der Waals surface area (Å²) >= 11 is 0. The maximum atomic E-state index is 13.2. The van der Waals surface area contributed by atoms with Gasteiger partial charge in [0.25, 0.3) is 17.2 Å². The summed E-state index contributed by atoms with van der Waals surface area (Å²) in [5.41, 5.74) is 0.147. The summed E-state index contributed by atoms with van der Waals surface area (Å²) in [6.07, 6.45) is 2.83. The van der Waals surface area contributed by atoms with Crippen LogP contribution in [0.3, 0.4) is 0 Å². The smallest absolute Gasteiger partial charge is 0.283 e. The summed E-state index contributed by atoms with van der Waals surface area (Å²) in [5, 5.41) is 24.9. The van der Waals surface area contributed by atoms with Gasteiger partial charge in [-0.05, 0) is 31.5 Å². The Morgan fingerprint density at radius 2 is 2.13 bits per heavy atom. The molecule has 1 aliphatic heterocycles. The van der Waals surface area contributed by atoms with Gasteiger partial charge in [-0.3, -0.25) is 29.6 Å². The Kier molecular flexibility index (Phi) is 5.34. The zero-order valence-electron chi connectivity index (χ0n) is 16.0. The average molecular weight is 409 g/mol. The number of hydrogen-bond acceptors (Lipinski definition) is 8. The highest BCUT2D eigenvalue weighted by Crippen LogP contribution is 2.27. The second-order valence-corrected chi connectivity index (χ2v) is 7.03. The third-order valence-electron chi connectivity index (χ3n) is 5.23. The minimum atomic E-state index is -0.590. The highest BCUT2D eigenvalue weighted by Gasteiger charge is 2.33. The quantitative estimate of drug-likeness (QED) is 0.495. The van der Waals surface area contributed by atoms with Crippen LogP contribution >= 0.6 is 0 Å². The number of aliphatic hydroxyl groups excluding tert-OH is 1. The summed E-state index contributed by atoms with van der Waals surface area (Å²) in [5.74, 6) is -0.483. The molecule has 10 nitrogen and oxygen atoms in total. The van der Waals surface area contributed by atoms with E-state index in [1.807, 2.05) is 4.90 Å². The summed E-state index contributed by atoms with van der Waals surface area (Å²) in [4.78, 5) is 42.9. The van der Waals surface area contributed by atoms with Crippen molar-refractivity contribution in [3.05, 3.63) is 63.1 Å². The molecule has 10 heteroatoms. The van der Waals surface area contributed by atoms with Crippen LogP contribution in [-0.2, 0) is 0 Å². The van der Waals surface area contributed by atoms with E-state index in [-0.39, 0.29) is 28.9 Å². The van der Waals surface area contributed by atoms with Gasteiger partial charge in [0, 0.05) is 30.4 Å². The molecule has 154 valence electrons. The Labute approximate surface area is 170 Å². The maximum Gasteiger partial charge on any atom is 0.283 e. The van der Waals surface area contributed by atoms with Crippen molar-refractivity contribution in [3.8, 4) is 11.3 Å². The lowest BCUT2D eigenvalue weighted by atomic mass is 10.1. The van der Waals surface area contributed by atoms with E-state index in [2.05, 4.69) is 10.1 Å². The number of β-amino-alcohol motifs (C(OH)–C–C–N with tert-alkyl or cyclic N) is 1. The number of non-ortho nitro benzene ring substituents is 1. The van der Waals surface area contributed by atoms with Gasteiger partial charge >= 0.3 is 0 Å². The Bertz CT molecular complexity index is 1190. The zero-order chi connectivity index (χ0) is 21.3. The molecule has 3 aromatic rings. The number of aromatic nitrogens is 3. The number of pyridine rings is 1. The number of rotatable bonds is 5. The molecule has 30 heavy (non-hydrogen) atoms. The van der Waals surface area contributed by atoms with E-state index in [4.69, 9.17) is 0 Å². The Balaban J connectivity index is 1.89. The first-order chi connectivity index (χ1) is 14.5. The molecule has 4 rings (SSSR count). The van der Waals surface area contributed by atoms with Gasteiger partial charge in [0.1, 0.15) is 11.2 Å². The van der Waals surface area contributed by atoms with Crippen molar-refractivity contribution in [3.63, 3.8) is 0 Å². The van der Waals surface area contributed by atoms with E-state index < -0.39 is 22.4 Å². The molecule has 1 atom stereocenters. The monoisotopic (exact) mass is 409 g/mol. The fourth-order valence-corrected chi connectivity index (χ4v) is 3.83. The molecule has 3 heterocycles. The number of benzene rings is 1. The van der Waals surface area contributed by atoms with Crippen molar-refractivity contribution < 1.29 is 14.8 Å². The van der Waals surface area contributed by atoms with Gasteiger partial charge in [-0.15, -0.1) is 0 Å². The van der Waals surface area contributed by atoms with Crippen LogP contribution in [0.25, 0.3) is 22.2 Å². The first kappa shape index (κ1) is 19.8. The summed E-state index contributed by atoms with van der Waals surface area (Å²) in [6.45, 7) is 0.892. The molecule has 1 saturated heterocycles. The van der Waals surface area contributed by atoms with Crippen LogP contribution in [0.1, 0.15) is 17.6 Å². The van der Waals surface area contributed by atoms with Gasteiger partial charge in [0.2, 0.25) is 0 Å². The first-order valence-electron chi connectivity index (χ1n) is 9.53. The number of fused-ring (bicyclic) bond motifs is 1. The third-order valence-corrected chi connectivity index (χ3v) is 5.23. The number of nitrogens with zero attached hydrogens (tertiary/aromatic N) is 5. The fourth-order valence-electron chi connectivity index (χ4n) is 3.83. The van der Waals surface area contributed by atoms with E-state index >= 15 is 0 Å². The molecule has 0 radical (unpaired) electrons. The van der Waals surface area contributed by atoms with Crippen molar-refractivity contribution in [2.75, 3.05) is 19.7 Å². The zero-order valence-corrected chi connectivity index (χ0v) is 16.0. The lowest BCUT2D eigenvalue weighted by Gasteiger charge is -2.22. The number of nitro benzene ring substituents is 1. The molecule has 2 aromatic heterocycles. The minimum Gasteiger partial charge on any atom is -0.395 e. The van der Waals surface area contributed by atoms with Crippen LogP contribution in [0.4, 0.5) is 5.69 Å². The number of aliphatic hydroxyl groups is 1. The third kappa shape index (κ3) is 3.46. The van der Waals surface area contributed by atoms with Crippen molar-refractivity contribution in [2.45, 2.75) is 18.9 Å². The lowest BCUT2D eigenvalue weighted by Crippen LogP contribution is -2.44. The molecule has 0 bridgehead atoms. The summed E-state index contributed by atoms with van der Waals surface area (Å²) < 4.78 is 0.832. The summed E-state index contributed by atoms with van der Waals surface area (Å²) in [7, 11) is 0. The first-order valence-corrected chi connectivity index (χ1v) is 9.53. The van der Waals surface area contributed by atoms with Gasteiger partial charge in [-0.1, -0.05) is 12.1 Å². The van der Waals surface area contributed by atoms with Gasteiger partial charge in [-0.2, -0.15) is 9.78 Å². The molecule has 1 N–H and O–H groups in total. The second-order valence-electron chi connectivity index (χ2n) is 7.03. The number of likely N-dealkylation sites (tertiary alicyclic amines) is 1. The number of carbonyl (C=O) groups is 1. The van der Waals surface area contributed by atoms with E-state index in [9.17, 15) is 24.8 Å².